The molecule has 0 aromatic carbocycles. The lowest BCUT2D eigenvalue weighted by Crippen LogP contribution is -2.26. The monoisotopic (exact) mass is 327 g/mol. The number of nitrogens with zero attached hydrogens (tertiary/aromatic N) is 3. The third-order valence-electron chi connectivity index (χ3n) is 2.69. The van der Waals surface area contributed by atoms with Crippen molar-refractivity contribution in [1.82, 2.24) is 20.0 Å². The molecule has 19 heavy (non-hydrogen) atoms. The molecule has 0 spiro atoms. The van der Waals surface area contributed by atoms with Crippen molar-refractivity contribution in [2.45, 2.75) is 19.5 Å². The molecule has 1 unspecified atom stereocenters. The number of H-pyrrole nitrogens is 1. The Morgan fingerprint density at radius 3 is 3.00 bits per heavy atom. The molecule has 7 nitrogen and oxygen atoms in total. The molecule has 2 aromatic rings. The Kier molecular flexibility index (Phi) is 4.33. The topological polar surface area (TPSA) is 95.8 Å². The Labute approximate surface area is 117 Å². The summed E-state index contributed by atoms with van der Waals surface area (Å²) in [6.45, 7) is 2.00. The summed E-state index contributed by atoms with van der Waals surface area (Å²) >= 11 is 3.25. The van der Waals surface area contributed by atoms with E-state index in [0.29, 0.717) is 10.2 Å². The van der Waals surface area contributed by atoms with Crippen molar-refractivity contribution in [2.75, 3.05) is 11.9 Å². The zero-order valence-corrected chi connectivity index (χ0v) is 11.9. The highest BCUT2D eigenvalue weighted by Crippen LogP contribution is 2.22. The van der Waals surface area contributed by atoms with Gasteiger partial charge in [0.05, 0.1) is 37.3 Å². The molecular formula is C11H14BrN5O2. The summed E-state index contributed by atoms with van der Waals surface area (Å²) in [4.78, 5) is 11.9. The van der Waals surface area contributed by atoms with Gasteiger partial charge in [0.2, 0.25) is 0 Å². The molecule has 102 valence electrons. The van der Waals surface area contributed by atoms with E-state index in [2.05, 4.69) is 36.5 Å². The van der Waals surface area contributed by atoms with Crippen molar-refractivity contribution < 1.29 is 5.11 Å². The number of aromatic nitrogens is 4. The van der Waals surface area contributed by atoms with Crippen molar-refractivity contribution in [2.24, 2.45) is 0 Å². The molecule has 2 aromatic heterocycles. The van der Waals surface area contributed by atoms with Gasteiger partial charge >= 0.3 is 0 Å². The van der Waals surface area contributed by atoms with Gasteiger partial charge in [0.15, 0.2) is 0 Å². The molecule has 2 rings (SSSR count). The molecule has 0 saturated heterocycles. The Morgan fingerprint density at radius 1 is 1.58 bits per heavy atom. The number of anilines is 1. The Bertz CT molecular complexity index is 596. The number of halogens is 1. The molecule has 8 heteroatoms. The maximum absolute atomic E-state index is 11.9. The normalized spacial score (nSPS) is 12.4. The Balaban J connectivity index is 2.22. The van der Waals surface area contributed by atoms with Gasteiger partial charge < -0.3 is 10.4 Å². The number of rotatable bonds is 5. The summed E-state index contributed by atoms with van der Waals surface area (Å²) in [6.07, 6.45) is 5.05. The number of aliphatic hydroxyl groups is 1. The summed E-state index contributed by atoms with van der Waals surface area (Å²) < 4.78 is 1.60. The van der Waals surface area contributed by atoms with Gasteiger partial charge in [0, 0.05) is 11.8 Å². The van der Waals surface area contributed by atoms with Crippen LogP contribution in [0.4, 0.5) is 5.69 Å². The minimum Gasteiger partial charge on any atom is -0.394 e. The SMILES string of the molecule is CC(Nc1cnn(CCO)c(=O)c1Br)c1cn[nH]c1. The van der Waals surface area contributed by atoms with E-state index in [1.165, 1.54) is 4.68 Å². The van der Waals surface area contributed by atoms with Gasteiger partial charge in [-0.1, -0.05) is 0 Å². The summed E-state index contributed by atoms with van der Waals surface area (Å²) in [5, 5.41) is 22.6. The average Bonchev–Trinajstić information content (AvgIpc) is 2.92. The third kappa shape index (κ3) is 3.02. The van der Waals surface area contributed by atoms with Crippen molar-refractivity contribution in [3.63, 3.8) is 0 Å². The maximum Gasteiger partial charge on any atom is 0.283 e. The summed E-state index contributed by atoms with van der Waals surface area (Å²) in [5.41, 5.74) is 1.30. The van der Waals surface area contributed by atoms with Crippen LogP contribution in [-0.4, -0.2) is 31.7 Å². The van der Waals surface area contributed by atoms with E-state index in [1.807, 2.05) is 6.92 Å². The first-order valence-corrected chi connectivity index (χ1v) is 6.54. The number of nitrogens with one attached hydrogen (secondary N) is 2. The van der Waals surface area contributed by atoms with E-state index in [4.69, 9.17) is 5.11 Å². The highest BCUT2D eigenvalue weighted by atomic mass is 79.9. The van der Waals surface area contributed by atoms with Gasteiger partial charge in [-0.3, -0.25) is 9.89 Å². The zero-order valence-electron chi connectivity index (χ0n) is 10.3. The second-order valence-corrected chi connectivity index (χ2v) is 4.81. The summed E-state index contributed by atoms with van der Waals surface area (Å²) in [6, 6.07) is -0.00931. The standard InChI is InChI=1S/C11H14BrN5O2/c1-7(8-4-13-14-5-8)16-9-6-15-17(2-3-18)11(19)10(9)12/h4-7,16,18H,2-3H2,1H3,(H,13,14). The van der Waals surface area contributed by atoms with Gasteiger partial charge in [0.25, 0.3) is 5.56 Å². The lowest BCUT2D eigenvalue weighted by atomic mass is 10.2. The summed E-state index contributed by atoms with van der Waals surface area (Å²) in [7, 11) is 0. The third-order valence-corrected chi connectivity index (χ3v) is 3.45. The maximum atomic E-state index is 11.9. The van der Waals surface area contributed by atoms with E-state index < -0.39 is 0 Å². The highest BCUT2D eigenvalue weighted by molar-refractivity contribution is 9.10. The molecule has 3 N–H and O–H groups in total. The molecule has 0 saturated carbocycles. The van der Waals surface area contributed by atoms with Crippen LogP contribution in [0.2, 0.25) is 0 Å². The first kappa shape index (κ1) is 13.8. The van der Waals surface area contributed by atoms with Gasteiger partial charge in [-0.15, -0.1) is 0 Å². The van der Waals surface area contributed by atoms with Crippen LogP contribution >= 0.6 is 15.9 Å². The van der Waals surface area contributed by atoms with Crippen LogP contribution < -0.4 is 10.9 Å². The quantitative estimate of drug-likeness (QED) is 0.758. The first-order chi connectivity index (χ1) is 9.13. The molecule has 1 atom stereocenters. The smallest absolute Gasteiger partial charge is 0.283 e. The van der Waals surface area contributed by atoms with E-state index in [9.17, 15) is 4.79 Å². The van der Waals surface area contributed by atoms with Crippen LogP contribution in [0, 0.1) is 0 Å². The van der Waals surface area contributed by atoms with Crippen molar-refractivity contribution in [3.05, 3.63) is 39.0 Å². The average molecular weight is 328 g/mol. The van der Waals surface area contributed by atoms with Crippen molar-refractivity contribution in [1.29, 1.82) is 0 Å². The van der Waals surface area contributed by atoms with E-state index in [0.717, 1.165) is 5.56 Å². The molecule has 2 heterocycles. The fraction of sp³-hybridized carbons (Fsp3) is 0.364. The predicted octanol–water partition coefficient (Wildman–Crippen LogP) is 0.894. The van der Waals surface area contributed by atoms with Gasteiger partial charge in [-0.25, -0.2) is 4.68 Å². The first-order valence-electron chi connectivity index (χ1n) is 5.75. The largest absolute Gasteiger partial charge is 0.394 e. The number of hydrogen-bond acceptors (Lipinski definition) is 5. The van der Waals surface area contributed by atoms with Crippen molar-refractivity contribution >= 4 is 21.6 Å². The van der Waals surface area contributed by atoms with E-state index in [-0.39, 0.29) is 24.8 Å². The van der Waals surface area contributed by atoms with Gasteiger partial charge in [-0.2, -0.15) is 10.2 Å². The predicted molar refractivity (Wildman–Crippen MR) is 73.9 cm³/mol. The fourth-order valence-electron chi connectivity index (χ4n) is 1.63. The summed E-state index contributed by atoms with van der Waals surface area (Å²) in [5.74, 6) is 0. The Morgan fingerprint density at radius 2 is 2.37 bits per heavy atom. The molecule has 0 aliphatic heterocycles. The van der Waals surface area contributed by atoms with Crippen LogP contribution in [0.1, 0.15) is 18.5 Å². The molecule has 0 amide bonds. The van der Waals surface area contributed by atoms with Crippen molar-refractivity contribution in [3.8, 4) is 0 Å². The number of aliphatic hydroxyl groups excluding tert-OH is 1. The number of aromatic amines is 1. The molecule has 0 bridgehead atoms. The molecule has 0 fully saturated rings. The highest BCUT2D eigenvalue weighted by Gasteiger charge is 2.12. The van der Waals surface area contributed by atoms with E-state index >= 15 is 0 Å². The molecule has 0 radical (unpaired) electrons. The van der Waals surface area contributed by atoms with Crippen LogP contribution in [0.25, 0.3) is 0 Å². The lowest BCUT2D eigenvalue weighted by molar-refractivity contribution is 0.266. The molecule has 0 aliphatic carbocycles. The van der Waals surface area contributed by atoms with Gasteiger partial charge in [0.1, 0.15) is 4.47 Å². The molecular weight excluding hydrogens is 314 g/mol. The molecule has 0 aliphatic rings. The minimum absolute atomic E-state index is 0.00931. The zero-order chi connectivity index (χ0) is 13.8. The van der Waals surface area contributed by atoms with Crippen LogP contribution in [0.15, 0.2) is 27.9 Å². The number of hydrogen-bond donors (Lipinski definition) is 3. The Hall–Kier alpha value is -1.67. The van der Waals surface area contributed by atoms with Crippen LogP contribution in [0.3, 0.4) is 0 Å². The second kappa shape index (κ2) is 5.98. The fourth-order valence-corrected chi connectivity index (χ4v) is 2.06. The second-order valence-electron chi connectivity index (χ2n) is 4.02. The van der Waals surface area contributed by atoms with Crippen LogP contribution in [0.5, 0.6) is 0 Å². The van der Waals surface area contributed by atoms with Crippen LogP contribution in [-0.2, 0) is 6.54 Å². The minimum atomic E-state index is -0.279. The van der Waals surface area contributed by atoms with E-state index in [1.54, 1.807) is 18.6 Å². The lowest BCUT2D eigenvalue weighted by Gasteiger charge is -2.15. The van der Waals surface area contributed by atoms with Gasteiger partial charge in [-0.05, 0) is 22.9 Å².